The van der Waals surface area contributed by atoms with Gasteiger partial charge in [-0.3, -0.25) is 4.99 Å². The second-order valence-electron chi connectivity index (χ2n) is 6.40. The third-order valence-corrected chi connectivity index (χ3v) is 3.99. The van der Waals surface area contributed by atoms with E-state index in [-0.39, 0.29) is 24.0 Å². The predicted molar refractivity (Wildman–Crippen MR) is 118 cm³/mol. The number of nitrogens with one attached hydrogen (secondary N) is 3. The first-order valence-electron chi connectivity index (χ1n) is 8.41. The number of hydrogen-bond donors (Lipinski definition) is 3. The van der Waals surface area contributed by atoms with Crippen molar-refractivity contribution in [3.8, 4) is 5.75 Å². The Balaban J connectivity index is 0.00000625. The molecule has 9 heteroatoms. The van der Waals surface area contributed by atoms with Crippen LogP contribution in [0.1, 0.15) is 27.2 Å². The maximum atomic E-state index is 11.4. The van der Waals surface area contributed by atoms with Gasteiger partial charge in [-0.15, -0.1) is 24.0 Å². The topological polar surface area (TPSA) is 91.8 Å². The Morgan fingerprint density at radius 3 is 2.42 bits per heavy atom. The largest absolute Gasteiger partial charge is 0.494 e. The maximum Gasteiger partial charge on any atom is 0.209 e. The van der Waals surface area contributed by atoms with Gasteiger partial charge in [-0.2, -0.15) is 0 Å². The van der Waals surface area contributed by atoms with Crippen LogP contribution in [0.2, 0.25) is 0 Å². The van der Waals surface area contributed by atoms with Gasteiger partial charge in [0.05, 0.1) is 19.4 Å². The highest BCUT2D eigenvalue weighted by Gasteiger charge is 2.21. The molecule has 3 N–H and O–H groups in total. The minimum Gasteiger partial charge on any atom is -0.494 e. The van der Waals surface area contributed by atoms with Gasteiger partial charge in [-0.05, 0) is 39.3 Å². The van der Waals surface area contributed by atoms with Crippen LogP contribution >= 0.6 is 24.0 Å². The first kappa shape index (κ1) is 24.9. The second kappa shape index (κ2) is 12.3. The average Bonchev–Trinajstić information content (AvgIpc) is 2.51. The van der Waals surface area contributed by atoms with Crippen molar-refractivity contribution in [2.24, 2.45) is 4.99 Å². The molecule has 1 rings (SSSR count). The molecule has 0 fully saturated rings. The summed E-state index contributed by atoms with van der Waals surface area (Å²) in [6, 6.07) is 9.69. The van der Waals surface area contributed by atoms with E-state index in [1.165, 1.54) is 0 Å². The van der Waals surface area contributed by atoms with Crippen LogP contribution in [0.15, 0.2) is 35.3 Å². The Kier molecular flexibility index (Phi) is 11.8. The number of nitrogens with zero attached hydrogens (tertiary/aromatic N) is 1. The van der Waals surface area contributed by atoms with Crippen LogP contribution in [0, 0.1) is 0 Å². The molecule has 1 aromatic carbocycles. The molecule has 0 unspecified atom stereocenters. The molecule has 0 aliphatic rings. The number of para-hydroxylation sites is 1. The van der Waals surface area contributed by atoms with E-state index < -0.39 is 15.6 Å². The molecule has 0 saturated carbocycles. The number of rotatable bonds is 10. The van der Waals surface area contributed by atoms with Gasteiger partial charge in [0.1, 0.15) is 5.75 Å². The highest BCUT2D eigenvalue weighted by molar-refractivity contribution is 14.0. The van der Waals surface area contributed by atoms with Crippen molar-refractivity contribution in [3.05, 3.63) is 30.3 Å². The normalized spacial score (nSPS) is 12.2. The fourth-order valence-electron chi connectivity index (χ4n) is 2.14. The number of guanidine groups is 1. The minimum absolute atomic E-state index is 0. The molecule has 0 atom stereocenters. The van der Waals surface area contributed by atoms with E-state index in [0.717, 1.165) is 25.0 Å². The van der Waals surface area contributed by atoms with Gasteiger partial charge < -0.3 is 15.4 Å². The van der Waals surface area contributed by atoms with Crippen LogP contribution < -0.4 is 20.1 Å². The third kappa shape index (κ3) is 12.3. The van der Waals surface area contributed by atoms with Crippen molar-refractivity contribution in [2.75, 3.05) is 32.5 Å². The standard InChI is InChI=1S/C17H30N4O3S.HI/c1-5-18-16(20-14-17(2,3)21-25(4,22)23)19-12-9-13-24-15-10-7-6-8-11-15;/h6-8,10-11,21H,5,9,12-14H2,1-4H3,(H2,18,19,20);1H. The van der Waals surface area contributed by atoms with E-state index in [1.807, 2.05) is 37.3 Å². The van der Waals surface area contributed by atoms with Crippen LogP contribution in [0.4, 0.5) is 0 Å². The van der Waals surface area contributed by atoms with Gasteiger partial charge in [0, 0.05) is 18.6 Å². The lowest BCUT2D eigenvalue weighted by molar-refractivity contribution is 0.311. The number of halogens is 1. The zero-order valence-corrected chi connectivity index (χ0v) is 19.1. The lowest BCUT2D eigenvalue weighted by Gasteiger charge is -2.23. The van der Waals surface area contributed by atoms with Crippen LogP contribution in [0.25, 0.3) is 0 Å². The Labute approximate surface area is 174 Å². The van der Waals surface area contributed by atoms with Crippen molar-refractivity contribution in [1.82, 2.24) is 15.4 Å². The lowest BCUT2D eigenvalue weighted by atomic mass is 10.1. The number of ether oxygens (including phenoxy) is 1. The molecular weight excluding hydrogens is 467 g/mol. The number of hydrogen-bond acceptors (Lipinski definition) is 4. The summed E-state index contributed by atoms with van der Waals surface area (Å²) in [5.41, 5.74) is -0.646. The van der Waals surface area contributed by atoms with Gasteiger partial charge in [0.2, 0.25) is 10.0 Å². The summed E-state index contributed by atoms with van der Waals surface area (Å²) >= 11 is 0. The summed E-state index contributed by atoms with van der Waals surface area (Å²) in [5, 5.41) is 6.37. The van der Waals surface area contributed by atoms with E-state index in [0.29, 0.717) is 25.7 Å². The summed E-state index contributed by atoms with van der Waals surface area (Å²) in [5.74, 6) is 1.52. The Bertz CT molecular complexity index is 637. The van der Waals surface area contributed by atoms with E-state index in [2.05, 4.69) is 20.3 Å². The van der Waals surface area contributed by atoms with Crippen molar-refractivity contribution >= 4 is 40.0 Å². The van der Waals surface area contributed by atoms with Crippen molar-refractivity contribution < 1.29 is 13.2 Å². The summed E-state index contributed by atoms with van der Waals surface area (Å²) in [7, 11) is -3.27. The molecule has 26 heavy (non-hydrogen) atoms. The quantitative estimate of drug-likeness (QED) is 0.199. The van der Waals surface area contributed by atoms with E-state index in [1.54, 1.807) is 13.8 Å². The molecule has 0 radical (unpaired) electrons. The molecule has 0 aliphatic heterocycles. The van der Waals surface area contributed by atoms with Gasteiger partial charge >= 0.3 is 0 Å². The van der Waals surface area contributed by atoms with E-state index in [9.17, 15) is 8.42 Å². The molecule has 150 valence electrons. The Morgan fingerprint density at radius 2 is 1.85 bits per heavy atom. The first-order chi connectivity index (χ1) is 11.7. The van der Waals surface area contributed by atoms with Crippen LogP contribution in [0.5, 0.6) is 5.75 Å². The third-order valence-electron chi connectivity index (χ3n) is 3.06. The zero-order valence-electron chi connectivity index (χ0n) is 15.9. The fraction of sp³-hybridized carbons (Fsp3) is 0.588. The molecule has 0 bridgehead atoms. The van der Waals surface area contributed by atoms with Crippen LogP contribution in [0.3, 0.4) is 0 Å². The van der Waals surface area contributed by atoms with Crippen LogP contribution in [-0.4, -0.2) is 52.4 Å². The molecule has 0 spiro atoms. The molecule has 0 aliphatic carbocycles. The minimum atomic E-state index is -3.27. The van der Waals surface area contributed by atoms with Crippen molar-refractivity contribution in [2.45, 2.75) is 32.7 Å². The van der Waals surface area contributed by atoms with Gasteiger partial charge in [-0.25, -0.2) is 13.1 Å². The summed E-state index contributed by atoms with van der Waals surface area (Å²) in [4.78, 5) is 4.45. The van der Waals surface area contributed by atoms with Crippen molar-refractivity contribution in [1.29, 1.82) is 0 Å². The SMILES string of the molecule is CCNC(=NCC(C)(C)NS(C)(=O)=O)NCCCOc1ccccc1.I. The van der Waals surface area contributed by atoms with Gasteiger partial charge in [-0.1, -0.05) is 18.2 Å². The van der Waals surface area contributed by atoms with E-state index >= 15 is 0 Å². The molecule has 1 aromatic rings. The summed E-state index contributed by atoms with van der Waals surface area (Å²) in [6.07, 6.45) is 1.97. The lowest BCUT2D eigenvalue weighted by Crippen LogP contribution is -2.46. The predicted octanol–water partition coefficient (Wildman–Crippen LogP) is 1.96. The number of benzene rings is 1. The Morgan fingerprint density at radius 1 is 1.19 bits per heavy atom. The highest BCUT2D eigenvalue weighted by Crippen LogP contribution is 2.08. The molecule has 0 saturated heterocycles. The summed E-state index contributed by atoms with van der Waals surface area (Å²) in [6.45, 7) is 7.96. The monoisotopic (exact) mass is 498 g/mol. The zero-order chi connectivity index (χ0) is 18.8. The number of aliphatic imine (C=N–C) groups is 1. The van der Waals surface area contributed by atoms with Crippen LogP contribution in [-0.2, 0) is 10.0 Å². The van der Waals surface area contributed by atoms with Gasteiger partial charge in [0.15, 0.2) is 5.96 Å². The highest BCUT2D eigenvalue weighted by atomic mass is 127. The molecule has 0 amide bonds. The summed E-state index contributed by atoms with van der Waals surface area (Å²) < 4.78 is 31.0. The first-order valence-corrected chi connectivity index (χ1v) is 10.3. The molecular formula is C17H31IN4O3S. The second-order valence-corrected chi connectivity index (χ2v) is 8.14. The number of sulfonamides is 1. The molecule has 0 aromatic heterocycles. The maximum absolute atomic E-state index is 11.4. The smallest absolute Gasteiger partial charge is 0.209 e. The molecule has 0 heterocycles. The van der Waals surface area contributed by atoms with Gasteiger partial charge in [0.25, 0.3) is 0 Å². The van der Waals surface area contributed by atoms with E-state index in [4.69, 9.17) is 4.74 Å². The average molecular weight is 498 g/mol. The fourth-order valence-corrected chi connectivity index (χ4v) is 3.21. The molecule has 7 nitrogen and oxygen atoms in total. The Hall–Kier alpha value is -1.07. The van der Waals surface area contributed by atoms with Crippen molar-refractivity contribution in [3.63, 3.8) is 0 Å².